The quantitative estimate of drug-likeness (QED) is 0.813. The van der Waals surface area contributed by atoms with Gasteiger partial charge in [0.25, 0.3) is 0 Å². The lowest BCUT2D eigenvalue weighted by Crippen LogP contribution is -2.22. The summed E-state index contributed by atoms with van der Waals surface area (Å²) < 4.78 is 37.9. The van der Waals surface area contributed by atoms with E-state index < -0.39 is 22.5 Å². The van der Waals surface area contributed by atoms with Gasteiger partial charge < -0.3 is 5.32 Å². The second-order valence-corrected chi connectivity index (χ2v) is 5.10. The molecule has 1 N–H and O–H groups in total. The Morgan fingerprint density at radius 3 is 2.53 bits per heavy atom. The number of nitrogens with one attached hydrogen (secondary N) is 1. The third-order valence-electron chi connectivity index (χ3n) is 1.91. The molecule has 1 unspecified atom stereocenters. The van der Waals surface area contributed by atoms with Crippen molar-refractivity contribution in [3.8, 4) is 0 Å². The zero-order valence-corrected chi connectivity index (χ0v) is 10.9. The van der Waals surface area contributed by atoms with E-state index in [0.29, 0.717) is 0 Å². The van der Waals surface area contributed by atoms with Crippen molar-refractivity contribution >= 4 is 39.1 Å². The summed E-state index contributed by atoms with van der Waals surface area (Å²) in [5.41, 5.74) is -1.27. The average Bonchev–Trinajstić information content (AvgIpc) is 2.15. The fraction of sp³-hybridized carbons (Fsp3) is 0.300. The minimum Gasteiger partial charge on any atom is -0.324 e. The molecule has 1 rings (SSSR count). The van der Waals surface area contributed by atoms with Crippen LogP contribution in [-0.2, 0) is 11.0 Å². The van der Waals surface area contributed by atoms with Crippen molar-refractivity contribution in [2.45, 2.75) is 17.9 Å². The van der Waals surface area contributed by atoms with Gasteiger partial charge in [0.05, 0.1) is 16.1 Å². The first-order chi connectivity index (χ1) is 7.71. The summed E-state index contributed by atoms with van der Waals surface area (Å²) in [4.78, 5) is 10.7. The number of anilines is 1. The molecule has 17 heavy (non-hydrogen) atoms. The molecule has 0 aromatic heterocycles. The lowest BCUT2D eigenvalue weighted by Gasteiger charge is -2.14. The maximum atomic E-state index is 12.6. The van der Waals surface area contributed by atoms with Crippen molar-refractivity contribution in [3.05, 3.63) is 28.8 Å². The van der Waals surface area contributed by atoms with Crippen molar-refractivity contribution in [1.82, 2.24) is 0 Å². The highest BCUT2D eigenvalue weighted by atomic mass is 79.9. The van der Waals surface area contributed by atoms with Crippen LogP contribution in [0.5, 0.6) is 0 Å². The number of hydrogen-bond donors (Lipinski definition) is 1. The molecular weight excluding hydrogens is 322 g/mol. The molecule has 0 saturated heterocycles. The van der Waals surface area contributed by atoms with Gasteiger partial charge in [-0.3, -0.25) is 4.79 Å². The molecule has 1 aromatic rings. The second kappa shape index (κ2) is 5.27. The molecule has 0 bridgehead atoms. The molecular formula is C10H8BrClF3NO. The van der Waals surface area contributed by atoms with E-state index in [0.717, 1.165) is 18.2 Å². The molecule has 1 amide bonds. The van der Waals surface area contributed by atoms with E-state index in [1.165, 1.54) is 6.92 Å². The Morgan fingerprint density at radius 1 is 1.47 bits per heavy atom. The first-order valence-corrected chi connectivity index (χ1v) is 5.83. The van der Waals surface area contributed by atoms with Crippen LogP contribution in [0.4, 0.5) is 18.9 Å². The summed E-state index contributed by atoms with van der Waals surface area (Å²) in [6.07, 6.45) is -4.54. The van der Waals surface area contributed by atoms with Gasteiger partial charge in [0.2, 0.25) is 5.91 Å². The Morgan fingerprint density at radius 2 is 2.06 bits per heavy atom. The fourth-order valence-corrected chi connectivity index (χ4v) is 1.39. The second-order valence-electron chi connectivity index (χ2n) is 3.29. The minimum absolute atomic E-state index is 0.121. The number of rotatable bonds is 2. The monoisotopic (exact) mass is 329 g/mol. The maximum absolute atomic E-state index is 12.6. The van der Waals surface area contributed by atoms with E-state index in [1.807, 2.05) is 0 Å². The summed E-state index contributed by atoms with van der Waals surface area (Å²) in [5.74, 6) is -0.572. The highest BCUT2D eigenvalue weighted by Crippen LogP contribution is 2.36. The van der Waals surface area contributed by atoms with Crippen molar-refractivity contribution in [2.75, 3.05) is 5.32 Å². The van der Waals surface area contributed by atoms with Crippen molar-refractivity contribution in [2.24, 2.45) is 0 Å². The first-order valence-electron chi connectivity index (χ1n) is 4.53. The van der Waals surface area contributed by atoms with Gasteiger partial charge in [0, 0.05) is 5.02 Å². The maximum Gasteiger partial charge on any atom is 0.418 e. The molecule has 0 aliphatic heterocycles. The molecule has 0 spiro atoms. The third-order valence-corrected chi connectivity index (χ3v) is 2.56. The van der Waals surface area contributed by atoms with Gasteiger partial charge in [-0.05, 0) is 25.1 Å². The summed E-state index contributed by atoms with van der Waals surface area (Å²) in [5, 5.41) is 2.29. The summed E-state index contributed by atoms with van der Waals surface area (Å²) in [7, 11) is 0. The van der Waals surface area contributed by atoms with E-state index >= 15 is 0 Å². The van der Waals surface area contributed by atoms with Gasteiger partial charge in [-0.15, -0.1) is 0 Å². The molecule has 0 aliphatic carbocycles. The van der Waals surface area contributed by atoms with E-state index in [2.05, 4.69) is 21.2 Å². The van der Waals surface area contributed by atoms with Gasteiger partial charge in [-0.1, -0.05) is 27.5 Å². The van der Waals surface area contributed by atoms with Crippen LogP contribution in [0.3, 0.4) is 0 Å². The SMILES string of the molecule is CC(Br)C(=O)Nc1cc(Cl)ccc1C(F)(F)F. The molecule has 0 aliphatic rings. The predicted octanol–water partition coefficient (Wildman–Crippen LogP) is 4.08. The molecule has 94 valence electrons. The van der Waals surface area contributed by atoms with Crippen molar-refractivity contribution in [1.29, 1.82) is 0 Å². The lowest BCUT2D eigenvalue weighted by molar-refractivity contribution is -0.137. The zero-order valence-electron chi connectivity index (χ0n) is 8.61. The Balaban J connectivity index is 3.12. The molecule has 7 heteroatoms. The fourth-order valence-electron chi connectivity index (χ4n) is 1.10. The molecule has 0 fully saturated rings. The Hall–Kier alpha value is -0.750. The van der Waals surface area contributed by atoms with Crippen LogP contribution in [0.15, 0.2) is 18.2 Å². The van der Waals surface area contributed by atoms with Crippen molar-refractivity contribution in [3.63, 3.8) is 0 Å². The van der Waals surface area contributed by atoms with Gasteiger partial charge >= 0.3 is 6.18 Å². The predicted molar refractivity (Wildman–Crippen MR) is 63.5 cm³/mol. The standard InChI is InChI=1S/C10H8BrClF3NO/c1-5(11)9(17)16-8-4-6(12)2-3-7(8)10(13,14)15/h2-5H,1H3,(H,16,17). The van der Waals surface area contributed by atoms with Crippen LogP contribution >= 0.6 is 27.5 Å². The number of alkyl halides is 4. The average molecular weight is 331 g/mol. The number of halogens is 5. The molecule has 0 heterocycles. The molecule has 0 radical (unpaired) electrons. The smallest absolute Gasteiger partial charge is 0.324 e. The first kappa shape index (κ1) is 14.3. The van der Waals surface area contributed by atoms with Gasteiger partial charge in [0.1, 0.15) is 0 Å². The molecule has 0 saturated carbocycles. The minimum atomic E-state index is -4.54. The lowest BCUT2D eigenvalue weighted by atomic mass is 10.1. The van der Waals surface area contributed by atoms with Gasteiger partial charge in [-0.25, -0.2) is 0 Å². The number of carbonyl (C=O) groups excluding carboxylic acids is 1. The summed E-state index contributed by atoms with van der Waals surface area (Å²) in [6.45, 7) is 1.51. The Bertz CT molecular complexity index is 434. The van der Waals surface area contributed by atoms with Gasteiger partial charge in [0.15, 0.2) is 0 Å². The van der Waals surface area contributed by atoms with E-state index in [4.69, 9.17) is 11.6 Å². The van der Waals surface area contributed by atoms with Crippen LogP contribution in [0.25, 0.3) is 0 Å². The molecule has 2 nitrogen and oxygen atoms in total. The number of hydrogen-bond acceptors (Lipinski definition) is 1. The van der Waals surface area contributed by atoms with E-state index in [-0.39, 0.29) is 10.7 Å². The summed E-state index contributed by atoms with van der Waals surface area (Å²) >= 11 is 8.56. The Kier molecular flexibility index (Phi) is 4.43. The van der Waals surface area contributed by atoms with Crippen LogP contribution in [-0.4, -0.2) is 10.7 Å². The third kappa shape index (κ3) is 3.89. The number of amides is 1. The number of carbonyl (C=O) groups is 1. The summed E-state index contributed by atoms with van der Waals surface area (Å²) in [6, 6.07) is 3.02. The number of benzene rings is 1. The van der Waals surface area contributed by atoms with Crippen LogP contribution in [0.2, 0.25) is 5.02 Å². The molecule has 1 aromatic carbocycles. The zero-order chi connectivity index (χ0) is 13.2. The highest BCUT2D eigenvalue weighted by molar-refractivity contribution is 9.10. The molecule has 1 atom stereocenters. The topological polar surface area (TPSA) is 29.1 Å². The van der Waals surface area contributed by atoms with Crippen LogP contribution < -0.4 is 5.32 Å². The Labute approximate surface area is 109 Å². The van der Waals surface area contributed by atoms with E-state index in [1.54, 1.807) is 0 Å². The van der Waals surface area contributed by atoms with Crippen molar-refractivity contribution < 1.29 is 18.0 Å². The highest BCUT2D eigenvalue weighted by Gasteiger charge is 2.34. The van der Waals surface area contributed by atoms with E-state index in [9.17, 15) is 18.0 Å². The largest absolute Gasteiger partial charge is 0.418 e. The normalized spacial score (nSPS) is 13.3. The van der Waals surface area contributed by atoms with Crippen LogP contribution in [0, 0.1) is 0 Å². The van der Waals surface area contributed by atoms with Gasteiger partial charge in [-0.2, -0.15) is 13.2 Å². The van der Waals surface area contributed by atoms with Crippen LogP contribution in [0.1, 0.15) is 12.5 Å².